The topological polar surface area (TPSA) is 27.0 Å². The minimum Gasteiger partial charge on any atom is -0.368 e. The molecule has 0 N–H and O–H groups in total. The van der Waals surface area contributed by atoms with Gasteiger partial charge in [0.25, 0.3) is 0 Å². The van der Waals surface area contributed by atoms with Crippen LogP contribution in [-0.4, -0.2) is 24.1 Å². The lowest BCUT2D eigenvalue weighted by Gasteiger charge is -2.34. The molecule has 1 aromatic carbocycles. The van der Waals surface area contributed by atoms with Gasteiger partial charge in [0.2, 0.25) is 0 Å². The minimum absolute atomic E-state index is 0.689. The van der Waals surface area contributed by atoms with Crippen LogP contribution in [0.4, 0.5) is 5.69 Å². The molecular formula is C13H15BrN2S. The smallest absolute Gasteiger partial charge is 0.103 e. The molecule has 4 heteroatoms. The summed E-state index contributed by atoms with van der Waals surface area (Å²) >= 11 is 5.49. The average molecular weight is 311 g/mol. The number of nitriles is 1. The summed E-state index contributed by atoms with van der Waals surface area (Å²) in [4.78, 5) is 2.34. The molecule has 1 saturated heterocycles. The molecule has 1 aliphatic heterocycles. The molecule has 0 radical (unpaired) electrons. The molecule has 2 nitrogen and oxygen atoms in total. The first-order chi connectivity index (χ1) is 8.26. The molecule has 1 aromatic rings. The Balaban J connectivity index is 2.28. The van der Waals surface area contributed by atoms with E-state index in [2.05, 4.69) is 33.8 Å². The maximum atomic E-state index is 9.24. The van der Waals surface area contributed by atoms with Crippen molar-refractivity contribution in [2.75, 3.05) is 23.7 Å². The van der Waals surface area contributed by atoms with E-state index in [1.54, 1.807) is 0 Å². The first-order valence-electron chi connectivity index (χ1n) is 5.81. The summed E-state index contributed by atoms with van der Waals surface area (Å²) in [5.74, 6) is 1.15. The maximum absolute atomic E-state index is 9.24. The van der Waals surface area contributed by atoms with Gasteiger partial charge in [-0.15, -0.1) is 0 Å². The second-order valence-electron chi connectivity index (χ2n) is 4.09. The first-order valence-corrected chi connectivity index (χ1v) is 7.65. The lowest BCUT2D eigenvalue weighted by atomic mass is 10.1. The number of hydrogen-bond acceptors (Lipinski definition) is 3. The van der Waals surface area contributed by atoms with E-state index >= 15 is 0 Å². The van der Waals surface area contributed by atoms with Gasteiger partial charge in [0.05, 0.1) is 11.3 Å². The molecule has 1 heterocycles. The van der Waals surface area contributed by atoms with Crippen LogP contribution in [0.15, 0.2) is 22.7 Å². The average Bonchev–Trinajstić information content (AvgIpc) is 2.38. The Morgan fingerprint density at radius 1 is 1.59 bits per heavy atom. The van der Waals surface area contributed by atoms with Crippen LogP contribution >= 0.6 is 27.7 Å². The molecule has 0 saturated carbocycles. The second-order valence-corrected chi connectivity index (χ2v) is 6.36. The Morgan fingerprint density at radius 3 is 3.12 bits per heavy atom. The van der Waals surface area contributed by atoms with Gasteiger partial charge in [0.15, 0.2) is 0 Å². The predicted octanol–water partition coefficient (Wildman–Crippen LogP) is 3.65. The zero-order valence-electron chi connectivity index (χ0n) is 9.82. The summed E-state index contributed by atoms with van der Waals surface area (Å²) in [7, 11) is 0. The van der Waals surface area contributed by atoms with E-state index in [-0.39, 0.29) is 0 Å². The van der Waals surface area contributed by atoms with Gasteiger partial charge in [0.1, 0.15) is 6.07 Å². The number of nitrogens with zero attached hydrogens (tertiary/aromatic N) is 2. The van der Waals surface area contributed by atoms with Crippen molar-refractivity contribution in [3.63, 3.8) is 0 Å². The second kappa shape index (κ2) is 5.79. The number of benzene rings is 1. The normalized spacial score (nSPS) is 20.1. The van der Waals surface area contributed by atoms with Crippen LogP contribution in [0.5, 0.6) is 0 Å². The van der Waals surface area contributed by atoms with Gasteiger partial charge in [-0.05, 0) is 34.5 Å². The van der Waals surface area contributed by atoms with Gasteiger partial charge in [-0.1, -0.05) is 13.0 Å². The van der Waals surface area contributed by atoms with Gasteiger partial charge in [-0.3, -0.25) is 0 Å². The molecule has 1 atom stereocenters. The summed E-state index contributed by atoms with van der Waals surface area (Å²) in [5, 5.41) is 9.93. The van der Waals surface area contributed by atoms with Gasteiger partial charge in [-0.2, -0.15) is 17.0 Å². The Labute approximate surface area is 115 Å². The van der Waals surface area contributed by atoms with Gasteiger partial charge in [0, 0.05) is 28.6 Å². The molecule has 1 aliphatic rings. The fourth-order valence-corrected chi connectivity index (χ4v) is 3.70. The van der Waals surface area contributed by atoms with E-state index in [0.29, 0.717) is 5.25 Å². The molecule has 1 unspecified atom stereocenters. The highest BCUT2D eigenvalue weighted by molar-refractivity contribution is 9.10. The molecule has 0 amide bonds. The number of hydrogen-bond donors (Lipinski definition) is 0. The summed E-state index contributed by atoms with van der Waals surface area (Å²) in [5.41, 5.74) is 1.83. The molecule has 0 aromatic heterocycles. The van der Waals surface area contributed by atoms with Gasteiger partial charge < -0.3 is 4.90 Å². The van der Waals surface area contributed by atoms with Crippen LogP contribution in [0.3, 0.4) is 0 Å². The number of anilines is 1. The molecule has 90 valence electrons. The molecule has 0 bridgehead atoms. The lowest BCUT2D eigenvalue weighted by Crippen LogP contribution is -2.38. The van der Waals surface area contributed by atoms with Crippen LogP contribution in [0.2, 0.25) is 0 Å². The van der Waals surface area contributed by atoms with E-state index in [0.717, 1.165) is 34.6 Å². The standard InChI is InChI=1S/C13H15BrN2S/c1-2-10-9-16(6-7-17-10)13-5-3-4-12(14)11(13)8-15/h3-5,10H,2,6-7,9H2,1H3. The zero-order valence-corrected chi connectivity index (χ0v) is 12.2. The summed E-state index contributed by atoms with van der Waals surface area (Å²) in [6.07, 6.45) is 1.19. The summed E-state index contributed by atoms with van der Waals surface area (Å²) in [6.45, 7) is 4.31. The van der Waals surface area contributed by atoms with Crippen LogP contribution in [0, 0.1) is 11.3 Å². The van der Waals surface area contributed by atoms with Crippen LogP contribution in [0.25, 0.3) is 0 Å². The lowest BCUT2D eigenvalue weighted by molar-refractivity contribution is 0.727. The van der Waals surface area contributed by atoms with Crippen molar-refractivity contribution in [1.82, 2.24) is 0 Å². The fraction of sp³-hybridized carbons (Fsp3) is 0.462. The SMILES string of the molecule is CCC1CN(c2cccc(Br)c2C#N)CCS1. The molecule has 0 aliphatic carbocycles. The van der Waals surface area contributed by atoms with Gasteiger partial charge in [-0.25, -0.2) is 0 Å². The monoisotopic (exact) mass is 310 g/mol. The largest absolute Gasteiger partial charge is 0.368 e. The van der Waals surface area contributed by atoms with Crippen LogP contribution in [-0.2, 0) is 0 Å². The number of rotatable bonds is 2. The van der Waals surface area contributed by atoms with Crippen molar-refractivity contribution in [1.29, 1.82) is 5.26 Å². The molecule has 0 spiro atoms. The van der Waals surface area contributed by atoms with E-state index in [1.807, 2.05) is 30.0 Å². The number of thioether (sulfide) groups is 1. The van der Waals surface area contributed by atoms with Crippen molar-refractivity contribution in [3.8, 4) is 6.07 Å². The quantitative estimate of drug-likeness (QED) is 0.834. The van der Waals surface area contributed by atoms with E-state index < -0.39 is 0 Å². The Kier molecular flexibility index (Phi) is 4.36. The highest BCUT2D eigenvalue weighted by Crippen LogP contribution is 2.31. The molecule has 1 fully saturated rings. The molecule has 2 rings (SSSR count). The van der Waals surface area contributed by atoms with Gasteiger partial charge >= 0.3 is 0 Å². The minimum atomic E-state index is 0.689. The Morgan fingerprint density at radius 2 is 2.41 bits per heavy atom. The Bertz CT molecular complexity index is 442. The van der Waals surface area contributed by atoms with Crippen molar-refractivity contribution >= 4 is 33.4 Å². The van der Waals surface area contributed by atoms with Crippen molar-refractivity contribution in [3.05, 3.63) is 28.2 Å². The van der Waals surface area contributed by atoms with Crippen molar-refractivity contribution < 1.29 is 0 Å². The van der Waals surface area contributed by atoms with E-state index in [4.69, 9.17) is 0 Å². The maximum Gasteiger partial charge on any atom is 0.103 e. The van der Waals surface area contributed by atoms with E-state index in [9.17, 15) is 5.26 Å². The highest BCUT2D eigenvalue weighted by atomic mass is 79.9. The van der Waals surface area contributed by atoms with Crippen LogP contribution < -0.4 is 4.90 Å². The predicted molar refractivity (Wildman–Crippen MR) is 77.6 cm³/mol. The number of halogens is 1. The van der Waals surface area contributed by atoms with Crippen molar-refractivity contribution in [2.24, 2.45) is 0 Å². The Hall–Kier alpha value is -0.660. The summed E-state index contributed by atoms with van der Waals surface area (Å²) < 4.78 is 0.892. The fourth-order valence-electron chi connectivity index (χ4n) is 2.07. The third-order valence-corrected chi connectivity index (χ3v) is 5.07. The third-order valence-electron chi connectivity index (χ3n) is 3.04. The summed E-state index contributed by atoms with van der Waals surface area (Å²) in [6, 6.07) is 8.28. The van der Waals surface area contributed by atoms with Crippen molar-refractivity contribution in [2.45, 2.75) is 18.6 Å². The molecule has 17 heavy (non-hydrogen) atoms. The van der Waals surface area contributed by atoms with E-state index in [1.165, 1.54) is 6.42 Å². The zero-order chi connectivity index (χ0) is 12.3. The highest BCUT2D eigenvalue weighted by Gasteiger charge is 2.21. The third kappa shape index (κ3) is 2.78. The molecular weight excluding hydrogens is 296 g/mol. The van der Waals surface area contributed by atoms with Crippen LogP contribution in [0.1, 0.15) is 18.9 Å². The first kappa shape index (κ1) is 12.8.